The Morgan fingerprint density at radius 1 is 1.28 bits per heavy atom. The molecule has 2 fully saturated rings. The summed E-state index contributed by atoms with van der Waals surface area (Å²) in [5.74, 6) is 0.767. The number of rotatable bonds is 3. The van der Waals surface area contributed by atoms with Crippen molar-refractivity contribution in [2.24, 2.45) is 0 Å². The van der Waals surface area contributed by atoms with Crippen molar-refractivity contribution >= 4 is 38.3 Å². The van der Waals surface area contributed by atoms with E-state index in [4.69, 9.17) is 19.5 Å². The number of hydrogen-bond donors (Lipinski definition) is 4. The van der Waals surface area contributed by atoms with Gasteiger partial charge in [-0.2, -0.15) is 0 Å². The number of nitrogens with one attached hydrogen (secondary N) is 1. The molecule has 1 aliphatic carbocycles. The topological polar surface area (TPSA) is 150 Å². The van der Waals surface area contributed by atoms with E-state index >= 15 is 0 Å². The van der Waals surface area contributed by atoms with Crippen LogP contribution >= 0.6 is 7.82 Å². The van der Waals surface area contributed by atoms with E-state index in [1.165, 1.54) is 13.9 Å². The standard InChI is InChI=1S/C16H28BN6O5P/c1-9-6-26-29(17,25)27-7-11(24)15(28-9)23-14-12(13(18)19-8-20-14)22-16(23)21-10-4-2-3-5-10/h8-11,15,24-25,29H,2-7,17H2,1H3,(H,21,22)(H2,18,19,20)/t9-,11-,15+/m0/s1. The van der Waals surface area contributed by atoms with E-state index in [0.29, 0.717) is 17.1 Å². The van der Waals surface area contributed by atoms with Crippen LogP contribution in [0.2, 0.25) is 0 Å². The molecule has 3 heterocycles. The first-order valence-corrected chi connectivity index (χ1v) is 12.2. The summed E-state index contributed by atoms with van der Waals surface area (Å²) in [6, 6.07) is 0.276. The quantitative estimate of drug-likeness (QED) is 0.393. The van der Waals surface area contributed by atoms with Crippen molar-refractivity contribution in [2.45, 2.75) is 57.1 Å². The second kappa shape index (κ2) is 8.29. The van der Waals surface area contributed by atoms with E-state index in [9.17, 15) is 10.00 Å². The molecule has 1 aliphatic heterocycles. The van der Waals surface area contributed by atoms with Gasteiger partial charge in [-0.3, -0.25) is 0 Å². The molecule has 11 nitrogen and oxygen atoms in total. The van der Waals surface area contributed by atoms with Crippen molar-refractivity contribution in [1.82, 2.24) is 19.5 Å². The molecule has 3 atom stereocenters. The van der Waals surface area contributed by atoms with Crippen LogP contribution in [0.25, 0.3) is 11.2 Å². The number of imidazole rings is 1. The fraction of sp³-hybridized carbons (Fsp3) is 0.688. The zero-order chi connectivity index (χ0) is 20.6. The Morgan fingerprint density at radius 3 is 2.76 bits per heavy atom. The number of aliphatic hydroxyl groups excluding tert-OH is 1. The Bertz CT molecular complexity index is 864. The van der Waals surface area contributed by atoms with Crippen LogP contribution in [-0.4, -0.2) is 68.5 Å². The van der Waals surface area contributed by atoms with Gasteiger partial charge < -0.3 is 0 Å². The third-order valence-electron chi connectivity index (χ3n) is 5.26. The predicted octanol–water partition coefficient (Wildman–Crippen LogP) is 0.110. The summed E-state index contributed by atoms with van der Waals surface area (Å²) in [7, 11) is -1.82. The molecule has 29 heavy (non-hydrogen) atoms. The average Bonchev–Trinajstić information content (AvgIpc) is 3.32. The summed E-state index contributed by atoms with van der Waals surface area (Å²) in [6.45, 7) is 1.79. The van der Waals surface area contributed by atoms with Gasteiger partial charge in [0.25, 0.3) is 0 Å². The van der Waals surface area contributed by atoms with Crippen molar-refractivity contribution in [3.05, 3.63) is 6.33 Å². The van der Waals surface area contributed by atoms with E-state index in [2.05, 4.69) is 20.3 Å². The second-order valence-electron chi connectivity index (χ2n) is 7.79. The van der Waals surface area contributed by atoms with Crippen LogP contribution in [0.3, 0.4) is 0 Å². The number of nitrogens with zero attached hydrogens (tertiary/aromatic N) is 4. The minimum atomic E-state index is -3.34. The normalized spacial score (nSPS) is 29.8. The fourth-order valence-corrected chi connectivity index (χ4v) is 4.87. The molecule has 5 N–H and O–H groups in total. The number of hydrogen-bond acceptors (Lipinski definition) is 10. The summed E-state index contributed by atoms with van der Waals surface area (Å²) in [6.07, 6.45) is 3.40. The first-order valence-electron chi connectivity index (χ1n) is 9.93. The molecule has 1 saturated heterocycles. The number of aromatic nitrogens is 4. The summed E-state index contributed by atoms with van der Waals surface area (Å²) in [5, 5.41) is 14.3. The molecule has 0 aromatic carbocycles. The van der Waals surface area contributed by atoms with Gasteiger partial charge in [0, 0.05) is 0 Å². The Hall–Kier alpha value is -1.56. The molecule has 2 aromatic heterocycles. The number of aliphatic hydroxyl groups is 1. The van der Waals surface area contributed by atoms with Crippen LogP contribution in [0.5, 0.6) is 0 Å². The van der Waals surface area contributed by atoms with Gasteiger partial charge in [0.15, 0.2) is 0 Å². The van der Waals surface area contributed by atoms with Crippen molar-refractivity contribution in [2.75, 3.05) is 24.3 Å². The Labute approximate surface area is 169 Å². The average molecular weight is 426 g/mol. The molecule has 0 amide bonds. The van der Waals surface area contributed by atoms with Gasteiger partial charge in [0.2, 0.25) is 0 Å². The molecule has 4 rings (SSSR count). The zero-order valence-corrected chi connectivity index (χ0v) is 17.6. The molecular weight excluding hydrogens is 398 g/mol. The van der Waals surface area contributed by atoms with Gasteiger partial charge in [-0.15, -0.1) is 0 Å². The van der Waals surface area contributed by atoms with Gasteiger partial charge in [-0.1, -0.05) is 0 Å². The van der Waals surface area contributed by atoms with Crippen molar-refractivity contribution in [1.29, 1.82) is 0 Å². The number of fused-ring (bicyclic) bond motifs is 1. The molecule has 0 spiro atoms. The van der Waals surface area contributed by atoms with Gasteiger partial charge in [-0.25, -0.2) is 0 Å². The van der Waals surface area contributed by atoms with E-state index in [0.717, 1.165) is 25.7 Å². The number of nitrogens with two attached hydrogens (primary N) is 1. The molecule has 2 aliphatic rings. The maximum atomic E-state index is 10.9. The summed E-state index contributed by atoms with van der Waals surface area (Å²) >= 11 is 0. The molecule has 0 radical (unpaired) electrons. The van der Waals surface area contributed by atoms with Crippen molar-refractivity contribution in [3.63, 3.8) is 0 Å². The van der Waals surface area contributed by atoms with Gasteiger partial charge in [0.05, 0.1) is 0 Å². The van der Waals surface area contributed by atoms with Crippen LogP contribution in [0, 0.1) is 0 Å². The Balaban J connectivity index is 1.75. The number of anilines is 2. The zero-order valence-electron chi connectivity index (χ0n) is 16.6. The predicted molar refractivity (Wildman–Crippen MR) is 112 cm³/mol. The molecular formula is C16H28BN6O5P. The Morgan fingerprint density at radius 2 is 2.00 bits per heavy atom. The Kier molecular flexibility index (Phi) is 5.92. The summed E-state index contributed by atoms with van der Waals surface area (Å²) in [5.41, 5.74) is 6.92. The monoisotopic (exact) mass is 426 g/mol. The SMILES string of the molecule is B[PH]1(O)OC[C@H](C)O[C@@H](n2c(NC3CCCC3)nc3c(N)ncnc32)[C@@H](O)CO1. The fourth-order valence-electron chi connectivity index (χ4n) is 3.76. The van der Waals surface area contributed by atoms with E-state index in [-0.39, 0.29) is 25.1 Å². The van der Waals surface area contributed by atoms with Gasteiger partial charge in [0.1, 0.15) is 0 Å². The first kappa shape index (κ1) is 20.7. The molecule has 160 valence electrons. The molecule has 1 saturated carbocycles. The molecule has 13 heteroatoms. The number of nitrogen functional groups attached to an aromatic ring is 1. The summed E-state index contributed by atoms with van der Waals surface area (Å²) < 4.78 is 18.8. The molecule has 0 bridgehead atoms. The van der Waals surface area contributed by atoms with E-state index in [1.54, 1.807) is 4.57 Å². The van der Waals surface area contributed by atoms with Gasteiger partial charge >= 0.3 is 169 Å². The first-order chi connectivity index (χ1) is 13.8. The van der Waals surface area contributed by atoms with Crippen molar-refractivity contribution < 1.29 is 23.8 Å². The molecule has 2 aromatic rings. The van der Waals surface area contributed by atoms with Crippen molar-refractivity contribution in [3.8, 4) is 0 Å². The van der Waals surface area contributed by atoms with Crippen LogP contribution in [0.4, 0.5) is 11.8 Å². The van der Waals surface area contributed by atoms with Crippen LogP contribution in [0.1, 0.15) is 38.8 Å². The minimum absolute atomic E-state index is 0.136. The van der Waals surface area contributed by atoms with Crippen LogP contribution in [-0.2, 0) is 13.8 Å². The van der Waals surface area contributed by atoms with Gasteiger partial charge in [-0.05, 0) is 0 Å². The third kappa shape index (κ3) is 4.47. The van der Waals surface area contributed by atoms with Crippen LogP contribution < -0.4 is 11.1 Å². The summed E-state index contributed by atoms with van der Waals surface area (Å²) in [4.78, 5) is 23.3. The van der Waals surface area contributed by atoms with E-state index < -0.39 is 26.3 Å². The number of ether oxygens (including phenoxy) is 1. The van der Waals surface area contributed by atoms with Crippen LogP contribution in [0.15, 0.2) is 6.33 Å². The third-order valence-corrected chi connectivity index (χ3v) is 6.66. The molecule has 0 unspecified atom stereocenters. The maximum absolute atomic E-state index is 10.9. The van der Waals surface area contributed by atoms with E-state index in [1.807, 2.05) is 6.92 Å². The second-order valence-corrected chi connectivity index (χ2v) is 10.2.